The highest BCUT2D eigenvalue weighted by Gasteiger charge is 2.38. The number of carbonyl (C=O) groups is 1. The summed E-state index contributed by atoms with van der Waals surface area (Å²) >= 11 is 0. The second kappa shape index (κ2) is 8.21. The molecule has 7 heteroatoms. The van der Waals surface area contributed by atoms with Crippen molar-refractivity contribution in [1.82, 2.24) is 4.98 Å². The third-order valence-corrected chi connectivity index (χ3v) is 6.59. The Labute approximate surface area is 190 Å². The lowest BCUT2D eigenvalue weighted by molar-refractivity contribution is -0.137. The SMILES string of the molecule is Cc1cc2cc(NC(=O)/C=C/c3ccc(C(F)(F)F)cc3)ccc2nc1N1CC2CCC1C2. The predicted octanol–water partition coefficient (Wildman–Crippen LogP) is 6.20. The van der Waals surface area contributed by atoms with Gasteiger partial charge in [0.1, 0.15) is 5.82 Å². The number of hydrogen-bond donors (Lipinski definition) is 1. The fourth-order valence-electron chi connectivity index (χ4n) is 4.96. The highest BCUT2D eigenvalue weighted by atomic mass is 19.4. The van der Waals surface area contributed by atoms with Gasteiger partial charge in [-0.25, -0.2) is 4.98 Å². The Morgan fingerprint density at radius 2 is 1.91 bits per heavy atom. The first-order valence-electron chi connectivity index (χ1n) is 11.1. The van der Waals surface area contributed by atoms with E-state index in [1.165, 1.54) is 43.5 Å². The molecular weight excluding hydrogens is 427 g/mol. The third-order valence-electron chi connectivity index (χ3n) is 6.59. The molecule has 3 aromatic rings. The van der Waals surface area contributed by atoms with Gasteiger partial charge in [-0.1, -0.05) is 12.1 Å². The number of aryl methyl sites for hydroxylation is 1. The molecule has 2 unspecified atom stereocenters. The number of fused-ring (bicyclic) bond motifs is 3. The molecule has 1 aliphatic carbocycles. The number of carbonyl (C=O) groups excluding carboxylic acids is 1. The number of nitrogens with one attached hydrogen (secondary N) is 1. The van der Waals surface area contributed by atoms with Gasteiger partial charge in [0, 0.05) is 29.7 Å². The van der Waals surface area contributed by atoms with Crippen LogP contribution in [0.5, 0.6) is 0 Å². The summed E-state index contributed by atoms with van der Waals surface area (Å²) in [5.41, 5.74) is 2.44. The van der Waals surface area contributed by atoms with E-state index in [4.69, 9.17) is 4.98 Å². The van der Waals surface area contributed by atoms with E-state index >= 15 is 0 Å². The van der Waals surface area contributed by atoms with Crippen LogP contribution in [0.4, 0.5) is 24.7 Å². The number of amides is 1. The van der Waals surface area contributed by atoms with Gasteiger partial charge in [-0.15, -0.1) is 0 Å². The molecule has 1 saturated carbocycles. The minimum Gasteiger partial charge on any atom is -0.353 e. The highest BCUT2D eigenvalue weighted by molar-refractivity contribution is 6.03. The van der Waals surface area contributed by atoms with Gasteiger partial charge >= 0.3 is 6.18 Å². The van der Waals surface area contributed by atoms with Gasteiger partial charge in [-0.2, -0.15) is 13.2 Å². The van der Waals surface area contributed by atoms with Crippen LogP contribution in [-0.4, -0.2) is 23.5 Å². The van der Waals surface area contributed by atoms with Gasteiger partial charge in [0.15, 0.2) is 0 Å². The normalized spacial score (nSPS) is 20.2. The molecule has 2 aromatic carbocycles. The minimum atomic E-state index is -4.38. The average Bonchev–Trinajstić information content (AvgIpc) is 3.41. The van der Waals surface area contributed by atoms with E-state index in [2.05, 4.69) is 23.2 Å². The lowest BCUT2D eigenvalue weighted by Gasteiger charge is -2.29. The number of rotatable bonds is 4. The molecule has 4 nitrogen and oxygen atoms in total. The van der Waals surface area contributed by atoms with Crippen LogP contribution < -0.4 is 10.2 Å². The van der Waals surface area contributed by atoms with Crippen LogP contribution in [-0.2, 0) is 11.0 Å². The van der Waals surface area contributed by atoms with E-state index in [1.807, 2.05) is 18.2 Å². The monoisotopic (exact) mass is 451 g/mol. The summed E-state index contributed by atoms with van der Waals surface area (Å²) in [5, 5.41) is 3.76. The fraction of sp³-hybridized carbons (Fsp3) is 0.308. The van der Waals surface area contributed by atoms with Gasteiger partial charge in [0.25, 0.3) is 0 Å². The van der Waals surface area contributed by atoms with E-state index in [1.54, 1.807) is 0 Å². The second-order valence-corrected chi connectivity index (χ2v) is 8.96. The second-order valence-electron chi connectivity index (χ2n) is 8.96. The number of halogens is 3. The van der Waals surface area contributed by atoms with E-state index in [9.17, 15) is 18.0 Å². The molecule has 170 valence electrons. The number of benzene rings is 2. The van der Waals surface area contributed by atoms with E-state index in [-0.39, 0.29) is 5.91 Å². The Kier molecular flexibility index (Phi) is 5.35. The summed E-state index contributed by atoms with van der Waals surface area (Å²) < 4.78 is 38.0. The molecular formula is C26H24F3N3O. The number of pyridine rings is 1. The van der Waals surface area contributed by atoms with Crippen molar-refractivity contribution in [2.24, 2.45) is 5.92 Å². The quantitative estimate of drug-likeness (QED) is 0.480. The minimum absolute atomic E-state index is 0.358. The van der Waals surface area contributed by atoms with Gasteiger partial charge in [-0.3, -0.25) is 4.79 Å². The van der Waals surface area contributed by atoms with Crippen molar-refractivity contribution in [3.05, 3.63) is 71.3 Å². The molecule has 0 radical (unpaired) electrons. The standard InChI is InChI=1S/C26H24F3N3O/c1-16-12-19-14-21(8-10-23(19)31-25(16)32-15-18-4-9-22(32)13-18)30-24(33)11-5-17-2-6-20(7-3-17)26(27,28)29/h2-3,5-8,10-12,14,18,22H,4,9,13,15H2,1H3,(H,30,33)/b11-5+. The maximum Gasteiger partial charge on any atom is 0.416 e. The number of nitrogens with zero attached hydrogens (tertiary/aromatic N) is 2. The molecule has 2 fully saturated rings. The zero-order valence-corrected chi connectivity index (χ0v) is 18.2. The topological polar surface area (TPSA) is 45.2 Å². The maximum absolute atomic E-state index is 12.7. The van der Waals surface area contributed by atoms with E-state index in [0.717, 1.165) is 46.9 Å². The largest absolute Gasteiger partial charge is 0.416 e. The zero-order chi connectivity index (χ0) is 23.2. The lowest BCUT2D eigenvalue weighted by Crippen LogP contribution is -2.33. The van der Waals surface area contributed by atoms with Crippen molar-refractivity contribution in [2.75, 3.05) is 16.8 Å². The van der Waals surface area contributed by atoms with Crippen molar-refractivity contribution in [3.63, 3.8) is 0 Å². The Morgan fingerprint density at radius 3 is 2.58 bits per heavy atom. The molecule has 2 aliphatic rings. The molecule has 1 aromatic heterocycles. The summed E-state index contributed by atoms with van der Waals surface area (Å²) in [6, 6.07) is 13.0. The Hall–Kier alpha value is -3.35. The number of alkyl halides is 3. The Balaban J connectivity index is 1.28. The first kappa shape index (κ1) is 21.5. The van der Waals surface area contributed by atoms with Crippen LogP contribution >= 0.6 is 0 Å². The van der Waals surface area contributed by atoms with Crippen LogP contribution in [0.25, 0.3) is 17.0 Å². The molecule has 1 amide bonds. The number of anilines is 2. The summed E-state index contributed by atoms with van der Waals surface area (Å²) in [6.45, 7) is 3.16. The van der Waals surface area contributed by atoms with Crippen LogP contribution in [0, 0.1) is 12.8 Å². The van der Waals surface area contributed by atoms with Gasteiger partial charge < -0.3 is 10.2 Å². The lowest BCUT2D eigenvalue weighted by atomic mass is 10.1. The molecule has 2 heterocycles. The molecule has 33 heavy (non-hydrogen) atoms. The first-order chi connectivity index (χ1) is 15.8. The summed E-state index contributed by atoms with van der Waals surface area (Å²) in [4.78, 5) is 19.7. The van der Waals surface area contributed by atoms with Crippen LogP contribution in [0.1, 0.15) is 36.0 Å². The highest BCUT2D eigenvalue weighted by Crippen LogP contribution is 2.41. The maximum atomic E-state index is 12.7. The summed E-state index contributed by atoms with van der Waals surface area (Å²) in [6.07, 6.45) is 2.25. The molecule has 0 spiro atoms. The molecule has 1 N–H and O–H groups in total. The predicted molar refractivity (Wildman–Crippen MR) is 124 cm³/mol. The zero-order valence-electron chi connectivity index (χ0n) is 18.2. The van der Waals surface area contributed by atoms with Crippen molar-refractivity contribution in [3.8, 4) is 0 Å². The van der Waals surface area contributed by atoms with Crippen LogP contribution in [0.2, 0.25) is 0 Å². The van der Waals surface area contributed by atoms with Crippen molar-refractivity contribution in [2.45, 2.75) is 38.4 Å². The van der Waals surface area contributed by atoms with E-state index < -0.39 is 11.7 Å². The smallest absolute Gasteiger partial charge is 0.353 e. The Bertz CT molecular complexity index is 1230. The molecule has 5 rings (SSSR count). The fourth-order valence-corrected chi connectivity index (χ4v) is 4.96. The van der Waals surface area contributed by atoms with Crippen molar-refractivity contribution < 1.29 is 18.0 Å². The van der Waals surface area contributed by atoms with Crippen molar-refractivity contribution in [1.29, 1.82) is 0 Å². The van der Waals surface area contributed by atoms with Crippen LogP contribution in [0.3, 0.4) is 0 Å². The summed E-state index contributed by atoms with van der Waals surface area (Å²) in [7, 11) is 0. The average molecular weight is 451 g/mol. The molecule has 2 bridgehead atoms. The summed E-state index contributed by atoms with van der Waals surface area (Å²) in [5.74, 6) is 1.50. The third kappa shape index (κ3) is 4.45. The Morgan fingerprint density at radius 1 is 1.12 bits per heavy atom. The number of hydrogen-bond acceptors (Lipinski definition) is 3. The van der Waals surface area contributed by atoms with Gasteiger partial charge in [0.05, 0.1) is 11.1 Å². The van der Waals surface area contributed by atoms with Crippen molar-refractivity contribution >= 4 is 34.4 Å². The molecule has 1 saturated heterocycles. The van der Waals surface area contributed by atoms with Crippen LogP contribution in [0.15, 0.2) is 54.6 Å². The van der Waals surface area contributed by atoms with E-state index in [0.29, 0.717) is 17.3 Å². The number of piperidine rings is 1. The molecule has 2 atom stereocenters. The van der Waals surface area contributed by atoms with Gasteiger partial charge in [0.2, 0.25) is 5.91 Å². The number of aromatic nitrogens is 1. The first-order valence-corrected chi connectivity index (χ1v) is 11.1. The molecule has 1 aliphatic heterocycles. The van der Waals surface area contributed by atoms with Gasteiger partial charge in [-0.05, 0) is 85.7 Å².